The van der Waals surface area contributed by atoms with E-state index in [1.54, 1.807) is 6.07 Å². The Morgan fingerprint density at radius 2 is 2.11 bits per heavy atom. The van der Waals surface area contributed by atoms with Crippen LogP contribution in [0.3, 0.4) is 0 Å². The summed E-state index contributed by atoms with van der Waals surface area (Å²) in [5.74, 6) is 0.735. The van der Waals surface area contributed by atoms with Crippen molar-refractivity contribution in [2.24, 2.45) is 0 Å². The van der Waals surface area contributed by atoms with Gasteiger partial charge in [0, 0.05) is 18.0 Å². The first kappa shape index (κ1) is 12.2. The van der Waals surface area contributed by atoms with Crippen molar-refractivity contribution in [2.45, 2.75) is 37.7 Å². The van der Waals surface area contributed by atoms with Gasteiger partial charge in [0.1, 0.15) is 11.6 Å². The molecule has 1 saturated heterocycles. The zero-order valence-electron chi connectivity index (χ0n) is 10.2. The van der Waals surface area contributed by atoms with E-state index in [4.69, 9.17) is 16.3 Å². The van der Waals surface area contributed by atoms with Crippen LogP contribution in [0.1, 0.15) is 37.2 Å². The Balaban J connectivity index is 1.92. The Morgan fingerprint density at radius 3 is 2.78 bits per heavy atom. The number of nitrogens with one attached hydrogen (secondary N) is 1. The highest BCUT2D eigenvalue weighted by Gasteiger charge is 2.28. The lowest BCUT2D eigenvalue weighted by molar-refractivity contribution is 0.295. The van der Waals surface area contributed by atoms with Crippen LogP contribution >= 0.6 is 11.6 Å². The molecule has 2 aliphatic rings. The molecule has 98 valence electrons. The second-order valence-corrected chi connectivity index (χ2v) is 5.57. The van der Waals surface area contributed by atoms with Gasteiger partial charge in [-0.1, -0.05) is 11.6 Å². The van der Waals surface area contributed by atoms with Crippen LogP contribution in [0.4, 0.5) is 4.39 Å². The third-order valence-corrected chi connectivity index (χ3v) is 3.86. The minimum absolute atomic E-state index is 0.274. The molecule has 1 atom stereocenters. The van der Waals surface area contributed by atoms with Crippen LogP contribution in [0.15, 0.2) is 12.1 Å². The van der Waals surface area contributed by atoms with Crippen LogP contribution in [0, 0.1) is 5.82 Å². The Hall–Kier alpha value is -0.800. The number of rotatable bonds is 3. The van der Waals surface area contributed by atoms with E-state index < -0.39 is 0 Å². The summed E-state index contributed by atoms with van der Waals surface area (Å²) in [6, 6.07) is 2.93. The molecule has 0 bridgehead atoms. The van der Waals surface area contributed by atoms with Crippen molar-refractivity contribution >= 4 is 11.6 Å². The van der Waals surface area contributed by atoms with E-state index in [1.807, 2.05) is 0 Å². The van der Waals surface area contributed by atoms with E-state index in [-0.39, 0.29) is 11.9 Å². The summed E-state index contributed by atoms with van der Waals surface area (Å²) in [4.78, 5) is 0. The molecule has 1 aromatic carbocycles. The lowest BCUT2D eigenvalue weighted by Gasteiger charge is -2.25. The van der Waals surface area contributed by atoms with Gasteiger partial charge < -0.3 is 10.1 Å². The Bertz CT molecular complexity index is 442. The number of halogens is 2. The molecule has 1 N–H and O–H groups in total. The van der Waals surface area contributed by atoms with Crippen molar-refractivity contribution in [3.05, 3.63) is 28.5 Å². The molecule has 0 spiro atoms. The van der Waals surface area contributed by atoms with Gasteiger partial charge >= 0.3 is 0 Å². The molecule has 1 aliphatic heterocycles. The maximum absolute atomic E-state index is 13.6. The molecule has 1 saturated carbocycles. The average molecular weight is 270 g/mol. The number of ether oxygens (including phenoxy) is 1. The SMILES string of the molecule is Fc1cc(Cl)c(OC2CC2)c(C2CCCNC2)c1. The Labute approximate surface area is 111 Å². The number of hydrogen-bond donors (Lipinski definition) is 1. The lowest BCUT2D eigenvalue weighted by Crippen LogP contribution is -2.28. The van der Waals surface area contributed by atoms with Crippen molar-refractivity contribution in [3.63, 3.8) is 0 Å². The van der Waals surface area contributed by atoms with E-state index in [2.05, 4.69) is 5.32 Å². The number of benzene rings is 1. The summed E-state index contributed by atoms with van der Waals surface area (Å²) < 4.78 is 19.4. The predicted octanol–water partition coefficient (Wildman–Crippen LogP) is 3.49. The molecule has 4 heteroatoms. The molecule has 1 aromatic rings. The number of hydrogen-bond acceptors (Lipinski definition) is 2. The quantitative estimate of drug-likeness (QED) is 0.907. The molecule has 1 unspecified atom stereocenters. The smallest absolute Gasteiger partial charge is 0.142 e. The largest absolute Gasteiger partial charge is 0.489 e. The van der Waals surface area contributed by atoms with E-state index in [0.717, 1.165) is 44.3 Å². The molecule has 18 heavy (non-hydrogen) atoms. The molecule has 2 nitrogen and oxygen atoms in total. The first-order valence-corrected chi connectivity index (χ1v) is 6.98. The fourth-order valence-electron chi connectivity index (χ4n) is 2.48. The van der Waals surface area contributed by atoms with Gasteiger partial charge in [-0.25, -0.2) is 4.39 Å². The Morgan fingerprint density at radius 1 is 1.28 bits per heavy atom. The van der Waals surface area contributed by atoms with E-state index in [0.29, 0.717) is 16.7 Å². The van der Waals surface area contributed by atoms with Gasteiger partial charge in [0.2, 0.25) is 0 Å². The molecule has 1 heterocycles. The maximum atomic E-state index is 13.6. The van der Waals surface area contributed by atoms with Gasteiger partial charge in [0.15, 0.2) is 0 Å². The first-order valence-electron chi connectivity index (χ1n) is 6.60. The zero-order valence-corrected chi connectivity index (χ0v) is 11.0. The standard InChI is InChI=1S/C14H17ClFNO/c15-13-7-10(16)6-12(9-2-1-5-17-8-9)14(13)18-11-3-4-11/h6-7,9,11,17H,1-5,8H2. The van der Waals surface area contributed by atoms with Crippen molar-refractivity contribution in [1.82, 2.24) is 5.32 Å². The molecule has 2 fully saturated rings. The summed E-state index contributed by atoms with van der Waals surface area (Å²) >= 11 is 6.14. The fourth-order valence-corrected chi connectivity index (χ4v) is 2.74. The van der Waals surface area contributed by atoms with Crippen LogP contribution < -0.4 is 10.1 Å². The molecule has 3 rings (SSSR count). The normalized spacial score (nSPS) is 24.0. The van der Waals surface area contributed by atoms with Gasteiger partial charge in [-0.15, -0.1) is 0 Å². The molecule has 0 amide bonds. The third-order valence-electron chi connectivity index (χ3n) is 3.58. The van der Waals surface area contributed by atoms with E-state index in [1.165, 1.54) is 6.07 Å². The van der Waals surface area contributed by atoms with Crippen molar-refractivity contribution < 1.29 is 9.13 Å². The van der Waals surface area contributed by atoms with E-state index >= 15 is 0 Å². The summed E-state index contributed by atoms with van der Waals surface area (Å²) in [6.07, 6.45) is 4.62. The average Bonchev–Trinajstić information content (AvgIpc) is 3.17. The predicted molar refractivity (Wildman–Crippen MR) is 69.9 cm³/mol. The topological polar surface area (TPSA) is 21.3 Å². The molecular weight excluding hydrogens is 253 g/mol. The summed E-state index contributed by atoms with van der Waals surface area (Å²) in [7, 11) is 0. The van der Waals surface area contributed by atoms with Crippen LogP contribution in [0.2, 0.25) is 5.02 Å². The second kappa shape index (κ2) is 5.06. The minimum Gasteiger partial charge on any atom is -0.489 e. The van der Waals surface area contributed by atoms with Crippen molar-refractivity contribution in [2.75, 3.05) is 13.1 Å². The van der Waals surface area contributed by atoms with Gasteiger partial charge in [0.05, 0.1) is 11.1 Å². The summed E-state index contributed by atoms with van der Waals surface area (Å²) in [5.41, 5.74) is 0.930. The lowest BCUT2D eigenvalue weighted by atomic mass is 9.91. The van der Waals surface area contributed by atoms with Crippen LogP contribution in [0.5, 0.6) is 5.75 Å². The van der Waals surface area contributed by atoms with Crippen molar-refractivity contribution in [3.8, 4) is 5.75 Å². The monoisotopic (exact) mass is 269 g/mol. The van der Waals surface area contributed by atoms with Gasteiger partial charge in [-0.05, 0) is 44.4 Å². The van der Waals surface area contributed by atoms with Crippen LogP contribution in [-0.4, -0.2) is 19.2 Å². The Kier molecular flexibility index (Phi) is 3.44. The summed E-state index contributed by atoms with van der Waals surface area (Å²) in [6.45, 7) is 1.92. The third kappa shape index (κ3) is 2.62. The van der Waals surface area contributed by atoms with Gasteiger partial charge in [-0.3, -0.25) is 0 Å². The number of piperidine rings is 1. The van der Waals surface area contributed by atoms with Gasteiger partial charge in [-0.2, -0.15) is 0 Å². The highest BCUT2D eigenvalue weighted by molar-refractivity contribution is 6.32. The maximum Gasteiger partial charge on any atom is 0.142 e. The highest BCUT2D eigenvalue weighted by Crippen LogP contribution is 2.40. The van der Waals surface area contributed by atoms with Gasteiger partial charge in [0.25, 0.3) is 0 Å². The second-order valence-electron chi connectivity index (χ2n) is 5.17. The first-order chi connectivity index (χ1) is 8.74. The van der Waals surface area contributed by atoms with Crippen molar-refractivity contribution in [1.29, 1.82) is 0 Å². The van der Waals surface area contributed by atoms with Crippen LogP contribution in [-0.2, 0) is 0 Å². The minimum atomic E-state index is -0.274. The molecular formula is C14H17ClFNO. The van der Waals surface area contributed by atoms with E-state index in [9.17, 15) is 4.39 Å². The zero-order chi connectivity index (χ0) is 12.5. The van der Waals surface area contributed by atoms with Crippen LogP contribution in [0.25, 0.3) is 0 Å². The molecule has 0 radical (unpaired) electrons. The molecule has 0 aromatic heterocycles. The fraction of sp³-hybridized carbons (Fsp3) is 0.571. The highest BCUT2D eigenvalue weighted by atomic mass is 35.5. The summed E-state index contributed by atoms with van der Waals surface area (Å²) in [5, 5.41) is 3.75. The molecule has 1 aliphatic carbocycles.